The van der Waals surface area contributed by atoms with Crippen molar-refractivity contribution in [1.82, 2.24) is 0 Å². The van der Waals surface area contributed by atoms with Crippen LogP contribution in [0.5, 0.6) is 11.5 Å². The first-order chi connectivity index (χ1) is 14.4. The first-order valence-electron chi connectivity index (χ1n) is 8.31. The maximum absolute atomic E-state index is 14.4. The summed E-state index contributed by atoms with van der Waals surface area (Å²) in [7, 11) is -4.53. The number of alkyl halides is 2. The molecule has 0 saturated carbocycles. The lowest BCUT2D eigenvalue weighted by atomic mass is 10.1. The minimum Gasteiger partial charge on any atom is -0.494 e. The number of hydrogen-bond donors (Lipinski definition) is 3. The summed E-state index contributed by atoms with van der Waals surface area (Å²) in [6.45, 7) is -0.196. The minimum atomic E-state index is -5.83. The molecule has 0 radical (unpaired) electrons. The minimum absolute atomic E-state index is 0.0216. The number of fused-ring (bicyclic) bond motifs is 1. The summed E-state index contributed by atoms with van der Waals surface area (Å²) in [5.41, 5.74) is 1.13. The molecule has 0 bridgehead atoms. The Hall–Kier alpha value is -2.11. The average molecular weight is 540 g/mol. The van der Waals surface area contributed by atoms with E-state index in [1.807, 2.05) is 0 Å². The lowest BCUT2D eigenvalue weighted by Gasteiger charge is -2.16. The maximum Gasteiger partial charge on any atom is 0.400 e. The van der Waals surface area contributed by atoms with Gasteiger partial charge in [-0.25, -0.2) is 4.39 Å². The van der Waals surface area contributed by atoms with Crippen molar-refractivity contribution >= 4 is 50.9 Å². The summed E-state index contributed by atoms with van der Waals surface area (Å²) in [5.74, 6) is -1.53. The SMILES string of the molecule is COc1ccc(COc2cc(C(N)=O)cc3c(Br)c(C(F)(F)P(=O)(O)O)sc23)cc1F. The maximum atomic E-state index is 14.4. The molecule has 0 atom stereocenters. The summed E-state index contributed by atoms with van der Waals surface area (Å²) in [4.78, 5) is 28.9. The number of primary amides is 1. The van der Waals surface area contributed by atoms with Gasteiger partial charge in [-0.1, -0.05) is 6.07 Å². The van der Waals surface area contributed by atoms with E-state index in [-0.39, 0.29) is 38.2 Å². The Kier molecular flexibility index (Phi) is 6.41. The zero-order valence-corrected chi connectivity index (χ0v) is 18.9. The molecule has 0 fully saturated rings. The molecular formula is C18H14BrF3NO6PS. The van der Waals surface area contributed by atoms with Crippen molar-refractivity contribution in [3.05, 3.63) is 56.6 Å². The zero-order valence-electron chi connectivity index (χ0n) is 15.6. The quantitative estimate of drug-likeness (QED) is 0.374. The van der Waals surface area contributed by atoms with Crippen LogP contribution in [0, 0.1) is 5.82 Å². The molecular weight excluding hydrogens is 526 g/mol. The average Bonchev–Trinajstić information content (AvgIpc) is 3.02. The van der Waals surface area contributed by atoms with E-state index in [4.69, 9.17) is 25.0 Å². The van der Waals surface area contributed by atoms with Gasteiger partial charge in [0.1, 0.15) is 17.2 Å². The molecule has 2 aromatic carbocycles. The van der Waals surface area contributed by atoms with Crippen LogP contribution >= 0.6 is 34.9 Å². The fraction of sp³-hybridized carbons (Fsp3) is 0.167. The van der Waals surface area contributed by atoms with Gasteiger partial charge >= 0.3 is 13.3 Å². The number of benzene rings is 2. The Bertz CT molecular complexity index is 1230. The highest BCUT2D eigenvalue weighted by Gasteiger charge is 2.53. The molecule has 0 unspecified atom stereocenters. The molecule has 3 aromatic rings. The molecule has 31 heavy (non-hydrogen) atoms. The highest BCUT2D eigenvalue weighted by atomic mass is 79.9. The monoisotopic (exact) mass is 539 g/mol. The van der Waals surface area contributed by atoms with E-state index in [1.165, 1.54) is 31.4 Å². The number of thiophene rings is 1. The molecule has 1 heterocycles. The third-order valence-electron chi connectivity index (χ3n) is 4.23. The number of hydrogen-bond acceptors (Lipinski definition) is 5. The molecule has 0 aliphatic heterocycles. The second kappa shape index (κ2) is 8.44. The van der Waals surface area contributed by atoms with Crippen LogP contribution in [0.15, 0.2) is 34.8 Å². The molecule has 0 aliphatic carbocycles. The fourth-order valence-electron chi connectivity index (χ4n) is 2.68. The lowest BCUT2D eigenvalue weighted by Crippen LogP contribution is -2.12. The van der Waals surface area contributed by atoms with E-state index >= 15 is 0 Å². The number of carbonyl (C=O) groups is 1. The van der Waals surface area contributed by atoms with Crippen molar-refractivity contribution in [1.29, 1.82) is 0 Å². The van der Waals surface area contributed by atoms with Crippen LogP contribution in [0.25, 0.3) is 10.1 Å². The second-order valence-electron chi connectivity index (χ2n) is 6.30. The summed E-state index contributed by atoms with van der Waals surface area (Å²) in [5, 5.41) is 0.0559. The normalized spacial score (nSPS) is 12.2. The first kappa shape index (κ1) is 23.6. The molecule has 13 heteroatoms. The van der Waals surface area contributed by atoms with Gasteiger partial charge in [-0.3, -0.25) is 9.36 Å². The predicted molar refractivity (Wildman–Crippen MR) is 111 cm³/mol. The third kappa shape index (κ3) is 4.44. The Morgan fingerprint density at radius 1 is 1.26 bits per heavy atom. The number of amides is 1. The Balaban J connectivity index is 2.10. The van der Waals surface area contributed by atoms with Crippen molar-refractivity contribution in [2.75, 3.05) is 7.11 Å². The van der Waals surface area contributed by atoms with Gasteiger partial charge in [-0.2, -0.15) is 8.78 Å². The smallest absolute Gasteiger partial charge is 0.400 e. The molecule has 0 aliphatic rings. The Morgan fingerprint density at radius 3 is 2.48 bits per heavy atom. The number of nitrogens with two attached hydrogens (primary N) is 1. The Labute approximate surface area is 185 Å². The molecule has 7 nitrogen and oxygen atoms in total. The number of halogens is 4. The Morgan fingerprint density at radius 2 is 1.94 bits per heavy atom. The van der Waals surface area contributed by atoms with Crippen LogP contribution in [-0.4, -0.2) is 22.8 Å². The van der Waals surface area contributed by atoms with Crippen molar-refractivity contribution in [2.24, 2.45) is 5.73 Å². The van der Waals surface area contributed by atoms with E-state index in [9.17, 15) is 22.5 Å². The molecule has 3 rings (SSSR count). The van der Waals surface area contributed by atoms with E-state index in [2.05, 4.69) is 15.9 Å². The number of methoxy groups -OCH3 is 1. The van der Waals surface area contributed by atoms with E-state index in [1.54, 1.807) is 0 Å². The summed E-state index contributed by atoms with van der Waals surface area (Å²) in [6.07, 6.45) is 0. The summed E-state index contributed by atoms with van der Waals surface area (Å²) >= 11 is 3.32. The first-order valence-corrected chi connectivity index (χ1v) is 11.5. The molecule has 166 valence electrons. The van der Waals surface area contributed by atoms with Gasteiger partial charge in [-0.15, -0.1) is 11.3 Å². The molecule has 4 N–H and O–H groups in total. The number of carbonyl (C=O) groups excluding carboxylic acids is 1. The van der Waals surface area contributed by atoms with Crippen LogP contribution in [0.3, 0.4) is 0 Å². The van der Waals surface area contributed by atoms with E-state index in [0.29, 0.717) is 16.9 Å². The third-order valence-corrected chi connectivity index (χ3v) is 7.71. The van der Waals surface area contributed by atoms with Crippen LogP contribution in [0.2, 0.25) is 0 Å². The van der Waals surface area contributed by atoms with Crippen LogP contribution in [0.4, 0.5) is 13.2 Å². The van der Waals surface area contributed by atoms with Crippen LogP contribution < -0.4 is 15.2 Å². The molecule has 1 aromatic heterocycles. The van der Waals surface area contributed by atoms with Crippen LogP contribution in [0.1, 0.15) is 20.8 Å². The van der Waals surface area contributed by atoms with Gasteiger partial charge in [0.15, 0.2) is 11.6 Å². The van der Waals surface area contributed by atoms with Crippen LogP contribution in [-0.2, 0) is 16.8 Å². The number of rotatable bonds is 7. The highest BCUT2D eigenvalue weighted by molar-refractivity contribution is 9.10. The molecule has 0 saturated heterocycles. The van der Waals surface area contributed by atoms with Crippen molar-refractivity contribution in [3.8, 4) is 11.5 Å². The summed E-state index contributed by atoms with van der Waals surface area (Å²) < 4.78 is 64.2. The summed E-state index contributed by atoms with van der Waals surface area (Å²) in [6, 6.07) is 6.48. The predicted octanol–water partition coefficient (Wildman–Crippen LogP) is 4.72. The molecule has 0 spiro atoms. The lowest BCUT2D eigenvalue weighted by molar-refractivity contribution is 0.0595. The highest BCUT2D eigenvalue weighted by Crippen LogP contribution is 2.63. The van der Waals surface area contributed by atoms with Crippen molar-refractivity contribution in [3.63, 3.8) is 0 Å². The van der Waals surface area contributed by atoms with Gasteiger partial charge < -0.3 is 25.0 Å². The van der Waals surface area contributed by atoms with Gasteiger partial charge in [-0.05, 0) is 45.8 Å². The molecule has 1 amide bonds. The van der Waals surface area contributed by atoms with Gasteiger partial charge in [0.05, 0.1) is 11.8 Å². The fourth-order valence-corrected chi connectivity index (χ4v) is 5.65. The van der Waals surface area contributed by atoms with Gasteiger partial charge in [0, 0.05) is 15.4 Å². The standard InChI is InChI=1S/C18H14BrF3NO6PS/c1-28-12-3-2-8(4-11(12)20)7-29-13-6-9(17(23)24)5-10-14(19)16(31-15(10)13)18(21,22)30(25,26)27/h2-6H,7H2,1H3,(H2,23,24)(H2,25,26,27). The van der Waals surface area contributed by atoms with Gasteiger partial charge in [0.2, 0.25) is 5.91 Å². The van der Waals surface area contributed by atoms with Crippen molar-refractivity contribution < 1.29 is 41.8 Å². The van der Waals surface area contributed by atoms with E-state index in [0.717, 1.165) is 6.07 Å². The van der Waals surface area contributed by atoms with E-state index < -0.39 is 29.9 Å². The number of ether oxygens (including phenoxy) is 2. The van der Waals surface area contributed by atoms with Gasteiger partial charge in [0.25, 0.3) is 0 Å². The topological polar surface area (TPSA) is 119 Å². The zero-order chi connectivity index (χ0) is 23.1. The van der Waals surface area contributed by atoms with Crippen molar-refractivity contribution in [2.45, 2.75) is 12.3 Å². The second-order valence-corrected chi connectivity index (χ2v) is 9.77. The largest absolute Gasteiger partial charge is 0.494 e.